The van der Waals surface area contributed by atoms with E-state index in [2.05, 4.69) is 29.9 Å². The number of phosphoric ester groups is 1. The predicted octanol–water partition coefficient (Wildman–Crippen LogP) is -0.739. The molecule has 6 heterocycles. The largest absolute Gasteiger partial charge is 0.472 e. The molecule has 1 unspecified atom stereocenters. The van der Waals surface area contributed by atoms with E-state index in [9.17, 15) is 19.7 Å². The zero-order valence-electron chi connectivity index (χ0n) is 20.2. The van der Waals surface area contributed by atoms with Crippen molar-refractivity contribution in [2.24, 2.45) is 0 Å². The number of rotatable bonds is 8. The Hall–Kier alpha value is -3.35. The van der Waals surface area contributed by atoms with Gasteiger partial charge < -0.3 is 36.0 Å². The van der Waals surface area contributed by atoms with Crippen LogP contribution in [0.3, 0.4) is 0 Å². The van der Waals surface area contributed by atoms with Crippen molar-refractivity contribution < 1.29 is 38.2 Å². The number of anilines is 2. The fraction of sp³-hybridized carbons (Fsp3) is 0.500. The molecule has 4 aromatic rings. The summed E-state index contributed by atoms with van der Waals surface area (Å²) in [6.07, 6.45) is 0.318. The molecule has 39 heavy (non-hydrogen) atoms. The van der Waals surface area contributed by atoms with Crippen molar-refractivity contribution >= 4 is 41.8 Å². The number of aromatic nitrogens is 8. The summed E-state index contributed by atoms with van der Waals surface area (Å²) < 4.78 is 38.3. The third kappa shape index (κ3) is 4.81. The van der Waals surface area contributed by atoms with E-state index in [-0.39, 0.29) is 31.1 Å². The molecule has 0 amide bonds. The van der Waals surface area contributed by atoms with Gasteiger partial charge >= 0.3 is 7.82 Å². The van der Waals surface area contributed by atoms with E-state index in [0.29, 0.717) is 22.3 Å². The number of nitrogen functional groups attached to an aromatic ring is 2. The predicted molar refractivity (Wildman–Crippen MR) is 130 cm³/mol. The number of imidazole rings is 2. The van der Waals surface area contributed by atoms with Gasteiger partial charge in [0.1, 0.15) is 42.1 Å². The van der Waals surface area contributed by atoms with Gasteiger partial charge in [-0.25, -0.2) is 34.5 Å². The fourth-order valence-electron chi connectivity index (χ4n) is 4.72. The normalized spacial score (nSPS) is 28.9. The second-order valence-corrected chi connectivity index (χ2v) is 10.5. The van der Waals surface area contributed by atoms with Crippen molar-refractivity contribution in [1.82, 2.24) is 39.0 Å². The van der Waals surface area contributed by atoms with E-state index in [0.717, 1.165) is 0 Å². The van der Waals surface area contributed by atoms with Crippen molar-refractivity contribution in [3.05, 3.63) is 25.3 Å². The van der Waals surface area contributed by atoms with Crippen LogP contribution < -0.4 is 11.5 Å². The molecule has 18 nitrogen and oxygen atoms in total. The number of hydrogen-bond acceptors (Lipinski definition) is 15. The molecule has 7 atom stereocenters. The summed E-state index contributed by atoms with van der Waals surface area (Å²) in [5.41, 5.74) is 13.1. The molecule has 2 aliphatic rings. The highest BCUT2D eigenvalue weighted by Crippen LogP contribution is 2.50. The van der Waals surface area contributed by atoms with Crippen molar-refractivity contribution in [2.75, 3.05) is 24.7 Å². The molecule has 0 spiro atoms. The molecule has 0 bridgehead atoms. The minimum absolute atomic E-state index is 0.0820. The first-order valence-corrected chi connectivity index (χ1v) is 13.3. The summed E-state index contributed by atoms with van der Waals surface area (Å²) in [6.45, 7) is -0.797. The Bertz CT molecular complexity index is 1550. The molecule has 0 aliphatic carbocycles. The number of nitrogens with two attached hydrogens (primary N) is 2. The lowest BCUT2D eigenvalue weighted by molar-refractivity contribution is -0.0593. The van der Waals surface area contributed by atoms with E-state index in [4.69, 9.17) is 30.0 Å². The van der Waals surface area contributed by atoms with Crippen LogP contribution >= 0.6 is 7.82 Å². The lowest BCUT2D eigenvalue weighted by atomic mass is 10.2. The van der Waals surface area contributed by atoms with Crippen LogP contribution in [-0.4, -0.2) is 91.8 Å². The second kappa shape index (κ2) is 10.00. The monoisotopic (exact) mass is 564 g/mol. The minimum Gasteiger partial charge on any atom is -0.394 e. The molecule has 0 aromatic carbocycles. The van der Waals surface area contributed by atoms with Gasteiger partial charge in [0.2, 0.25) is 0 Å². The zero-order valence-corrected chi connectivity index (χ0v) is 21.1. The third-order valence-corrected chi connectivity index (χ3v) is 7.59. The quantitative estimate of drug-likeness (QED) is 0.165. The standard InChI is InChI=1S/C20H25N10O8P/c21-16-14-18(25-5-23-16)29(7-27-14)13-2-10(32)12(37-13)4-35-39(33,34)38-11-1-9(3-31)36-20(11)30-8-28-15-17(22)24-6-26-19(15)30/h5-13,20,31-32H,1-4H2,(H,33,34)(H2,21,23,25)(H2,22,24,26)/t9-,10-,11+,12+,13+,20+/m0/s1. The van der Waals surface area contributed by atoms with Crippen LogP contribution in [0, 0.1) is 0 Å². The molecule has 2 aliphatic heterocycles. The molecule has 19 heteroatoms. The Balaban J connectivity index is 1.13. The lowest BCUT2D eigenvalue weighted by Crippen LogP contribution is -2.27. The number of hydrogen-bond donors (Lipinski definition) is 5. The molecule has 6 rings (SSSR count). The summed E-state index contributed by atoms with van der Waals surface area (Å²) in [4.78, 5) is 35.0. The fourth-order valence-corrected chi connectivity index (χ4v) is 5.64. The molecule has 4 aromatic heterocycles. The SMILES string of the molecule is Nc1ncnc2c1ncn2[C@@H]1O[C@H](CO)C[C@H]1OP(=O)(O)OC[C@H]1O[C@@H](n2cnc3c(N)ncnc32)C[C@@H]1O. The van der Waals surface area contributed by atoms with Gasteiger partial charge in [0, 0.05) is 12.8 Å². The zero-order chi connectivity index (χ0) is 27.3. The summed E-state index contributed by atoms with van der Waals surface area (Å²) in [7, 11) is -4.69. The van der Waals surface area contributed by atoms with Gasteiger partial charge in [-0.15, -0.1) is 0 Å². The Labute approximate surface area is 219 Å². The van der Waals surface area contributed by atoms with Crippen molar-refractivity contribution in [2.45, 2.75) is 49.7 Å². The number of aliphatic hydroxyl groups excluding tert-OH is 2. The number of ether oxygens (including phenoxy) is 2. The lowest BCUT2D eigenvalue weighted by Gasteiger charge is -2.23. The van der Waals surface area contributed by atoms with E-state index in [1.165, 1.54) is 29.9 Å². The van der Waals surface area contributed by atoms with Gasteiger partial charge in [-0.2, -0.15) is 0 Å². The molecule has 0 saturated carbocycles. The van der Waals surface area contributed by atoms with Crippen LogP contribution in [0.1, 0.15) is 25.3 Å². The van der Waals surface area contributed by atoms with Crippen LogP contribution in [0.2, 0.25) is 0 Å². The molecule has 208 valence electrons. The number of phosphoric acid groups is 1. The van der Waals surface area contributed by atoms with E-state index >= 15 is 0 Å². The van der Waals surface area contributed by atoms with Gasteiger partial charge in [-0.05, 0) is 0 Å². The second-order valence-electron chi connectivity index (χ2n) is 9.07. The van der Waals surface area contributed by atoms with E-state index in [1.54, 1.807) is 4.57 Å². The first-order chi connectivity index (χ1) is 18.7. The van der Waals surface area contributed by atoms with Gasteiger partial charge in [0.25, 0.3) is 0 Å². The van der Waals surface area contributed by atoms with E-state index in [1.807, 2.05) is 0 Å². The van der Waals surface area contributed by atoms with Crippen molar-refractivity contribution in [3.8, 4) is 0 Å². The van der Waals surface area contributed by atoms with Gasteiger partial charge in [0.15, 0.2) is 29.2 Å². The van der Waals surface area contributed by atoms with E-state index < -0.39 is 51.3 Å². The van der Waals surface area contributed by atoms with Crippen LogP contribution in [0.4, 0.5) is 11.6 Å². The number of nitrogens with zero attached hydrogens (tertiary/aromatic N) is 8. The van der Waals surface area contributed by atoms with Crippen molar-refractivity contribution in [1.29, 1.82) is 0 Å². The highest BCUT2D eigenvalue weighted by atomic mass is 31.2. The van der Waals surface area contributed by atoms with Crippen LogP contribution in [0.25, 0.3) is 22.3 Å². The number of aliphatic hydroxyl groups is 2. The summed E-state index contributed by atoms with van der Waals surface area (Å²) in [5.74, 6) is 0.352. The maximum atomic E-state index is 12.9. The van der Waals surface area contributed by atoms with Gasteiger partial charge in [-0.3, -0.25) is 18.2 Å². The highest BCUT2D eigenvalue weighted by molar-refractivity contribution is 7.47. The Morgan fingerprint density at radius 1 is 0.974 bits per heavy atom. The molecular weight excluding hydrogens is 539 g/mol. The summed E-state index contributed by atoms with van der Waals surface area (Å²) >= 11 is 0. The highest BCUT2D eigenvalue weighted by Gasteiger charge is 2.44. The maximum absolute atomic E-state index is 12.9. The maximum Gasteiger partial charge on any atom is 0.472 e. The average molecular weight is 564 g/mol. The van der Waals surface area contributed by atoms with Gasteiger partial charge in [-0.1, -0.05) is 0 Å². The van der Waals surface area contributed by atoms with Crippen molar-refractivity contribution in [3.63, 3.8) is 0 Å². The van der Waals surface area contributed by atoms with Gasteiger partial charge in [0.05, 0.1) is 38.1 Å². The average Bonchev–Trinajstić information content (AvgIpc) is 3.68. The summed E-state index contributed by atoms with van der Waals surface area (Å²) in [5, 5.41) is 20.2. The molecule has 7 N–H and O–H groups in total. The van der Waals surface area contributed by atoms with Crippen LogP contribution in [-0.2, 0) is 23.1 Å². The van der Waals surface area contributed by atoms with Crippen LogP contribution in [0.5, 0.6) is 0 Å². The molecule has 2 fully saturated rings. The smallest absolute Gasteiger partial charge is 0.394 e. The Morgan fingerprint density at radius 3 is 2.28 bits per heavy atom. The minimum atomic E-state index is -4.69. The summed E-state index contributed by atoms with van der Waals surface area (Å²) in [6, 6.07) is 0. The first kappa shape index (κ1) is 25.9. The molecule has 2 saturated heterocycles. The first-order valence-electron chi connectivity index (χ1n) is 11.9. The third-order valence-electron chi connectivity index (χ3n) is 6.58. The Kier molecular flexibility index (Phi) is 6.64. The molecular formula is C20H25N10O8P. The number of fused-ring (bicyclic) bond motifs is 2. The van der Waals surface area contributed by atoms with Crippen LogP contribution in [0.15, 0.2) is 25.3 Å². The topological polar surface area (TPSA) is 254 Å². The molecule has 0 radical (unpaired) electrons. The Morgan fingerprint density at radius 2 is 1.62 bits per heavy atom.